The van der Waals surface area contributed by atoms with Crippen molar-refractivity contribution >= 4 is 11.8 Å². The third kappa shape index (κ3) is 8.32. The van der Waals surface area contributed by atoms with E-state index < -0.39 is 0 Å². The Labute approximate surface area is 140 Å². The summed E-state index contributed by atoms with van der Waals surface area (Å²) in [7, 11) is 0. The fourth-order valence-corrected chi connectivity index (χ4v) is 2.59. The molecule has 1 saturated heterocycles. The van der Waals surface area contributed by atoms with Crippen LogP contribution in [0.15, 0.2) is 0 Å². The number of amides is 2. The first-order valence-corrected chi connectivity index (χ1v) is 8.82. The maximum absolute atomic E-state index is 12.0. The first-order chi connectivity index (χ1) is 10.8. The SMILES string of the molecule is CCOCCCNC(=O)C[NH+]1CCC(NC(=O)C(C)(C)C)CC1. The first kappa shape index (κ1) is 19.9. The summed E-state index contributed by atoms with van der Waals surface area (Å²) in [5, 5.41) is 6.06. The van der Waals surface area contributed by atoms with Gasteiger partial charge < -0.3 is 20.3 Å². The fraction of sp³-hybridized carbons (Fsp3) is 0.882. The van der Waals surface area contributed by atoms with Gasteiger partial charge in [-0.15, -0.1) is 0 Å². The van der Waals surface area contributed by atoms with E-state index in [-0.39, 0.29) is 23.3 Å². The molecule has 6 heteroatoms. The standard InChI is InChI=1S/C17H33N3O3/c1-5-23-12-6-9-18-15(21)13-20-10-7-14(8-11-20)19-16(22)17(2,3)4/h14H,5-13H2,1-4H3,(H,18,21)(H,19,22)/p+1. The van der Waals surface area contributed by atoms with Crippen LogP contribution in [0.1, 0.15) is 47.0 Å². The number of likely N-dealkylation sites (tertiary alicyclic amines) is 1. The Balaban J connectivity index is 2.16. The molecule has 0 unspecified atom stereocenters. The number of hydrogen-bond donors (Lipinski definition) is 3. The molecule has 2 amide bonds. The van der Waals surface area contributed by atoms with Gasteiger partial charge in [-0.2, -0.15) is 0 Å². The van der Waals surface area contributed by atoms with Gasteiger partial charge in [0, 0.05) is 44.1 Å². The molecule has 0 aliphatic carbocycles. The molecule has 0 aromatic carbocycles. The minimum Gasteiger partial charge on any atom is -0.382 e. The molecule has 0 saturated carbocycles. The number of piperidine rings is 1. The Bertz CT molecular complexity index is 372. The predicted molar refractivity (Wildman–Crippen MR) is 90.3 cm³/mol. The van der Waals surface area contributed by atoms with Crippen LogP contribution in [-0.4, -0.2) is 57.2 Å². The normalized spacial score (nSPS) is 21.7. The average molecular weight is 328 g/mol. The van der Waals surface area contributed by atoms with Crippen molar-refractivity contribution in [3.63, 3.8) is 0 Å². The van der Waals surface area contributed by atoms with Crippen LogP contribution in [0.5, 0.6) is 0 Å². The van der Waals surface area contributed by atoms with Crippen molar-refractivity contribution in [2.45, 2.75) is 53.0 Å². The number of ether oxygens (including phenoxy) is 1. The van der Waals surface area contributed by atoms with Gasteiger partial charge in [0.1, 0.15) is 0 Å². The van der Waals surface area contributed by atoms with E-state index in [9.17, 15) is 9.59 Å². The van der Waals surface area contributed by atoms with Crippen molar-refractivity contribution in [3.05, 3.63) is 0 Å². The summed E-state index contributed by atoms with van der Waals surface area (Å²) in [5.41, 5.74) is -0.342. The van der Waals surface area contributed by atoms with E-state index in [4.69, 9.17) is 4.74 Å². The van der Waals surface area contributed by atoms with E-state index in [0.717, 1.165) is 39.0 Å². The topological polar surface area (TPSA) is 71.9 Å². The molecule has 1 rings (SSSR count). The third-order valence-corrected chi connectivity index (χ3v) is 4.11. The molecule has 23 heavy (non-hydrogen) atoms. The van der Waals surface area contributed by atoms with E-state index in [1.54, 1.807) is 0 Å². The van der Waals surface area contributed by atoms with Gasteiger partial charge in [-0.05, 0) is 13.3 Å². The maximum atomic E-state index is 12.0. The third-order valence-electron chi connectivity index (χ3n) is 4.11. The molecule has 0 aromatic heterocycles. The van der Waals surface area contributed by atoms with Crippen LogP contribution in [0, 0.1) is 5.41 Å². The van der Waals surface area contributed by atoms with Crippen molar-refractivity contribution in [1.29, 1.82) is 0 Å². The van der Waals surface area contributed by atoms with Crippen molar-refractivity contribution in [2.75, 3.05) is 39.4 Å². The Hall–Kier alpha value is -1.14. The van der Waals surface area contributed by atoms with Crippen molar-refractivity contribution in [2.24, 2.45) is 5.41 Å². The van der Waals surface area contributed by atoms with Crippen LogP contribution >= 0.6 is 0 Å². The minimum absolute atomic E-state index is 0.105. The van der Waals surface area contributed by atoms with Crippen molar-refractivity contribution in [3.8, 4) is 0 Å². The maximum Gasteiger partial charge on any atom is 0.275 e. The Morgan fingerprint density at radius 1 is 1.22 bits per heavy atom. The summed E-state index contributed by atoms with van der Waals surface area (Å²) in [6.07, 6.45) is 2.74. The Morgan fingerprint density at radius 3 is 2.43 bits per heavy atom. The zero-order valence-electron chi connectivity index (χ0n) is 15.2. The molecule has 0 radical (unpaired) electrons. The van der Waals surface area contributed by atoms with Crippen LogP contribution in [0.2, 0.25) is 0 Å². The van der Waals surface area contributed by atoms with Crippen molar-refractivity contribution < 1.29 is 19.2 Å². The average Bonchev–Trinajstić information content (AvgIpc) is 2.48. The van der Waals surface area contributed by atoms with Gasteiger partial charge in [0.2, 0.25) is 5.91 Å². The molecule has 3 N–H and O–H groups in total. The zero-order chi connectivity index (χ0) is 17.3. The van der Waals surface area contributed by atoms with Crippen molar-refractivity contribution in [1.82, 2.24) is 10.6 Å². The monoisotopic (exact) mass is 328 g/mol. The lowest BCUT2D eigenvalue weighted by Gasteiger charge is -2.31. The second kappa shape index (κ2) is 9.88. The van der Waals surface area contributed by atoms with E-state index in [0.29, 0.717) is 19.7 Å². The van der Waals surface area contributed by atoms with Crippen LogP contribution in [0.25, 0.3) is 0 Å². The lowest BCUT2D eigenvalue weighted by atomic mass is 9.94. The molecule has 1 aliphatic heterocycles. The number of carbonyl (C=O) groups is 2. The highest BCUT2D eigenvalue weighted by Crippen LogP contribution is 2.14. The van der Waals surface area contributed by atoms with E-state index in [2.05, 4.69) is 10.6 Å². The second-order valence-corrected chi connectivity index (χ2v) is 7.32. The summed E-state index contributed by atoms with van der Waals surface area (Å²) in [6, 6.07) is 0.250. The molecule has 1 aliphatic rings. The minimum atomic E-state index is -0.342. The lowest BCUT2D eigenvalue weighted by Crippen LogP contribution is -3.14. The smallest absolute Gasteiger partial charge is 0.275 e. The summed E-state index contributed by atoms with van der Waals surface area (Å²) >= 11 is 0. The van der Waals surface area contributed by atoms with E-state index in [1.807, 2.05) is 27.7 Å². The summed E-state index contributed by atoms with van der Waals surface area (Å²) in [6.45, 7) is 12.2. The summed E-state index contributed by atoms with van der Waals surface area (Å²) in [4.78, 5) is 25.2. The van der Waals surface area contributed by atoms with Gasteiger partial charge in [-0.3, -0.25) is 9.59 Å². The molecular weight excluding hydrogens is 294 g/mol. The van der Waals surface area contributed by atoms with Crippen LogP contribution < -0.4 is 15.5 Å². The van der Waals surface area contributed by atoms with Gasteiger partial charge >= 0.3 is 0 Å². The quantitative estimate of drug-likeness (QED) is 0.538. The Kier molecular flexibility index (Phi) is 8.55. The molecule has 6 nitrogen and oxygen atoms in total. The van der Waals surface area contributed by atoms with Gasteiger partial charge in [-0.25, -0.2) is 0 Å². The van der Waals surface area contributed by atoms with Gasteiger partial charge in [0.05, 0.1) is 13.1 Å². The lowest BCUT2D eigenvalue weighted by molar-refractivity contribution is -0.897. The largest absolute Gasteiger partial charge is 0.382 e. The van der Waals surface area contributed by atoms with Crippen LogP contribution in [0.4, 0.5) is 0 Å². The van der Waals surface area contributed by atoms with E-state index >= 15 is 0 Å². The molecule has 0 bridgehead atoms. The highest BCUT2D eigenvalue weighted by molar-refractivity contribution is 5.81. The molecule has 0 aromatic rings. The molecular formula is C17H34N3O3+. The second-order valence-electron chi connectivity index (χ2n) is 7.32. The van der Waals surface area contributed by atoms with Gasteiger partial charge in [0.25, 0.3) is 5.91 Å². The fourth-order valence-electron chi connectivity index (χ4n) is 2.59. The molecule has 134 valence electrons. The molecule has 0 spiro atoms. The highest BCUT2D eigenvalue weighted by atomic mass is 16.5. The van der Waals surface area contributed by atoms with Gasteiger partial charge in [0.15, 0.2) is 6.54 Å². The zero-order valence-corrected chi connectivity index (χ0v) is 15.2. The first-order valence-electron chi connectivity index (χ1n) is 8.82. The molecule has 1 fully saturated rings. The van der Waals surface area contributed by atoms with Gasteiger partial charge in [-0.1, -0.05) is 20.8 Å². The number of rotatable bonds is 8. The van der Waals surface area contributed by atoms with E-state index in [1.165, 1.54) is 4.90 Å². The van der Waals surface area contributed by atoms with Crippen LogP contribution in [-0.2, 0) is 14.3 Å². The summed E-state index contributed by atoms with van der Waals surface area (Å²) < 4.78 is 5.24. The van der Waals surface area contributed by atoms with Crippen LogP contribution in [0.3, 0.4) is 0 Å². The summed E-state index contributed by atoms with van der Waals surface area (Å²) in [5.74, 6) is 0.215. The molecule has 1 heterocycles. The molecule has 0 atom stereocenters. The highest BCUT2D eigenvalue weighted by Gasteiger charge is 2.28. The number of hydrogen-bond acceptors (Lipinski definition) is 3. The number of carbonyl (C=O) groups excluding carboxylic acids is 2. The number of nitrogens with one attached hydrogen (secondary N) is 3. The Morgan fingerprint density at radius 2 is 1.87 bits per heavy atom. The predicted octanol–water partition coefficient (Wildman–Crippen LogP) is -0.261. The number of quaternary nitrogens is 1.